The zero-order valence-corrected chi connectivity index (χ0v) is 15.2. The van der Waals surface area contributed by atoms with Crippen LogP contribution >= 0.6 is 15.9 Å². The topological polar surface area (TPSA) is 76.9 Å². The van der Waals surface area contributed by atoms with Crippen LogP contribution in [-0.2, 0) is 10.0 Å². The Labute approximate surface area is 148 Å². The van der Waals surface area contributed by atoms with E-state index in [2.05, 4.69) is 30.7 Å². The first-order valence-corrected chi connectivity index (χ1v) is 9.46. The Morgan fingerprint density at radius 3 is 2.33 bits per heavy atom. The van der Waals surface area contributed by atoms with Gasteiger partial charge >= 0.3 is 0 Å². The van der Waals surface area contributed by atoms with Crippen molar-refractivity contribution in [1.29, 1.82) is 0 Å². The fraction of sp³-hybridized carbons (Fsp3) is 0.125. The SMILES string of the molecule is C[C@H](NS(=O)(=O)c1ccc(Br)cc1)c1ccc(-n2cncn2)cc1. The van der Waals surface area contributed by atoms with Crippen molar-refractivity contribution in [1.82, 2.24) is 19.5 Å². The molecule has 8 heteroatoms. The Hall–Kier alpha value is -2.03. The van der Waals surface area contributed by atoms with E-state index in [0.717, 1.165) is 15.7 Å². The largest absolute Gasteiger partial charge is 0.241 e. The van der Waals surface area contributed by atoms with Crippen LogP contribution in [-0.4, -0.2) is 23.2 Å². The minimum atomic E-state index is -3.58. The lowest BCUT2D eigenvalue weighted by Gasteiger charge is -2.15. The zero-order chi connectivity index (χ0) is 17.2. The molecule has 6 nitrogen and oxygen atoms in total. The second kappa shape index (κ2) is 6.84. The minimum Gasteiger partial charge on any atom is -0.223 e. The molecule has 0 amide bonds. The second-order valence-corrected chi connectivity index (χ2v) is 7.86. The number of nitrogens with one attached hydrogen (secondary N) is 1. The van der Waals surface area contributed by atoms with Gasteiger partial charge in [0.25, 0.3) is 0 Å². The van der Waals surface area contributed by atoms with E-state index in [1.807, 2.05) is 24.3 Å². The van der Waals surface area contributed by atoms with Crippen LogP contribution in [0.3, 0.4) is 0 Å². The highest BCUT2D eigenvalue weighted by Gasteiger charge is 2.18. The average Bonchev–Trinajstić information content (AvgIpc) is 3.09. The Bertz CT molecular complexity index is 908. The predicted molar refractivity (Wildman–Crippen MR) is 94.2 cm³/mol. The summed E-state index contributed by atoms with van der Waals surface area (Å²) < 4.78 is 30.0. The van der Waals surface area contributed by atoms with Gasteiger partial charge in [-0.3, -0.25) is 0 Å². The lowest BCUT2D eigenvalue weighted by Crippen LogP contribution is -2.26. The van der Waals surface area contributed by atoms with Gasteiger partial charge in [-0.2, -0.15) is 5.10 Å². The quantitative estimate of drug-likeness (QED) is 0.705. The van der Waals surface area contributed by atoms with Gasteiger partial charge in [-0.25, -0.2) is 22.8 Å². The molecule has 1 aromatic heterocycles. The van der Waals surface area contributed by atoms with Crippen molar-refractivity contribution in [2.24, 2.45) is 0 Å². The fourth-order valence-electron chi connectivity index (χ4n) is 2.24. The number of sulfonamides is 1. The Balaban J connectivity index is 1.76. The number of benzene rings is 2. The molecule has 1 N–H and O–H groups in total. The molecule has 0 fully saturated rings. The second-order valence-electron chi connectivity index (χ2n) is 5.23. The van der Waals surface area contributed by atoms with Gasteiger partial charge in [-0.15, -0.1) is 0 Å². The van der Waals surface area contributed by atoms with Gasteiger partial charge in [0.05, 0.1) is 10.6 Å². The molecule has 24 heavy (non-hydrogen) atoms. The van der Waals surface area contributed by atoms with Gasteiger partial charge in [0.1, 0.15) is 12.7 Å². The lowest BCUT2D eigenvalue weighted by molar-refractivity contribution is 0.567. The first-order valence-electron chi connectivity index (χ1n) is 7.18. The molecule has 1 heterocycles. The van der Waals surface area contributed by atoms with Crippen molar-refractivity contribution >= 4 is 26.0 Å². The third kappa shape index (κ3) is 3.72. The van der Waals surface area contributed by atoms with Crippen LogP contribution in [0.25, 0.3) is 5.69 Å². The maximum Gasteiger partial charge on any atom is 0.241 e. The van der Waals surface area contributed by atoms with E-state index in [9.17, 15) is 8.42 Å². The van der Waals surface area contributed by atoms with E-state index in [4.69, 9.17) is 0 Å². The van der Waals surface area contributed by atoms with Gasteiger partial charge in [0.2, 0.25) is 10.0 Å². The molecule has 0 aliphatic rings. The third-order valence-electron chi connectivity index (χ3n) is 3.53. The molecule has 0 unspecified atom stereocenters. The van der Waals surface area contributed by atoms with Crippen LogP contribution in [0.2, 0.25) is 0 Å². The molecule has 0 bridgehead atoms. The molecule has 0 radical (unpaired) electrons. The maximum absolute atomic E-state index is 12.4. The van der Waals surface area contributed by atoms with E-state index < -0.39 is 10.0 Å². The van der Waals surface area contributed by atoms with Crippen molar-refractivity contribution < 1.29 is 8.42 Å². The minimum absolute atomic E-state index is 0.233. The van der Waals surface area contributed by atoms with E-state index in [-0.39, 0.29) is 10.9 Å². The number of rotatable bonds is 5. The highest BCUT2D eigenvalue weighted by atomic mass is 79.9. The molecule has 1 atom stereocenters. The first-order chi connectivity index (χ1) is 11.5. The van der Waals surface area contributed by atoms with Crippen molar-refractivity contribution in [3.05, 3.63) is 71.2 Å². The summed E-state index contributed by atoms with van der Waals surface area (Å²) in [6, 6.07) is 13.6. The molecule has 0 aliphatic carbocycles. The Morgan fingerprint density at radius 2 is 1.75 bits per heavy atom. The van der Waals surface area contributed by atoms with Gasteiger partial charge in [-0.1, -0.05) is 28.1 Å². The standard InChI is InChI=1S/C16H15BrN4O2S/c1-12(20-24(22,23)16-8-4-14(17)5-9-16)13-2-6-15(7-3-13)21-11-18-10-19-21/h2-12,20H,1H3/t12-/m0/s1. The summed E-state index contributed by atoms with van der Waals surface area (Å²) in [7, 11) is -3.58. The summed E-state index contributed by atoms with van der Waals surface area (Å²) in [6.45, 7) is 1.81. The Kier molecular flexibility index (Phi) is 4.79. The number of nitrogens with zero attached hydrogens (tertiary/aromatic N) is 3. The summed E-state index contributed by atoms with van der Waals surface area (Å²) in [5.41, 5.74) is 1.72. The average molecular weight is 407 g/mol. The molecule has 2 aromatic carbocycles. The van der Waals surface area contributed by atoms with Crippen molar-refractivity contribution in [2.75, 3.05) is 0 Å². The molecule has 3 aromatic rings. The van der Waals surface area contributed by atoms with Gasteiger partial charge in [0, 0.05) is 10.5 Å². The molecule has 0 aliphatic heterocycles. The van der Waals surface area contributed by atoms with E-state index in [1.54, 1.807) is 42.2 Å². The molecule has 3 rings (SSSR count). The number of aromatic nitrogens is 3. The monoisotopic (exact) mass is 406 g/mol. The van der Waals surface area contributed by atoms with Crippen molar-refractivity contribution in [3.8, 4) is 5.69 Å². The summed E-state index contributed by atoms with van der Waals surface area (Å²) in [5.74, 6) is 0. The molecular weight excluding hydrogens is 392 g/mol. The maximum atomic E-state index is 12.4. The molecular formula is C16H15BrN4O2S. The lowest BCUT2D eigenvalue weighted by atomic mass is 10.1. The van der Waals surface area contributed by atoms with E-state index in [0.29, 0.717) is 0 Å². The van der Waals surface area contributed by atoms with Gasteiger partial charge in [0.15, 0.2) is 0 Å². The predicted octanol–water partition coefficient (Wildman–Crippen LogP) is 3.07. The smallest absolute Gasteiger partial charge is 0.223 e. The highest BCUT2D eigenvalue weighted by molar-refractivity contribution is 9.10. The summed E-state index contributed by atoms with van der Waals surface area (Å²) in [4.78, 5) is 4.13. The van der Waals surface area contributed by atoms with Crippen molar-refractivity contribution in [3.63, 3.8) is 0 Å². The summed E-state index contributed by atoms with van der Waals surface area (Å²) >= 11 is 3.30. The number of hydrogen-bond acceptors (Lipinski definition) is 4. The number of hydrogen-bond donors (Lipinski definition) is 1. The van der Waals surface area contributed by atoms with Crippen LogP contribution in [0.4, 0.5) is 0 Å². The number of halogens is 1. The summed E-state index contributed by atoms with van der Waals surface area (Å²) in [5, 5.41) is 4.06. The first kappa shape index (κ1) is 16.8. The molecule has 0 spiro atoms. The van der Waals surface area contributed by atoms with Crippen LogP contribution in [0.5, 0.6) is 0 Å². The van der Waals surface area contributed by atoms with Crippen LogP contribution < -0.4 is 4.72 Å². The molecule has 0 saturated heterocycles. The molecule has 0 saturated carbocycles. The van der Waals surface area contributed by atoms with Crippen LogP contribution in [0.15, 0.2) is 70.6 Å². The third-order valence-corrected chi connectivity index (χ3v) is 5.62. The zero-order valence-electron chi connectivity index (χ0n) is 12.8. The van der Waals surface area contributed by atoms with Gasteiger partial charge < -0.3 is 0 Å². The highest BCUT2D eigenvalue weighted by Crippen LogP contribution is 2.20. The van der Waals surface area contributed by atoms with Gasteiger partial charge in [-0.05, 0) is 48.9 Å². The van der Waals surface area contributed by atoms with Crippen LogP contribution in [0, 0.1) is 0 Å². The normalized spacial score (nSPS) is 12.9. The molecule has 124 valence electrons. The Morgan fingerprint density at radius 1 is 1.08 bits per heavy atom. The van der Waals surface area contributed by atoms with Crippen LogP contribution in [0.1, 0.15) is 18.5 Å². The fourth-order valence-corrected chi connectivity index (χ4v) is 3.74. The van der Waals surface area contributed by atoms with E-state index >= 15 is 0 Å². The summed E-state index contributed by atoms with van der Waals surface area (Å²) in [6.07, 6.45) is 3.07. The van der Waals surface area contributed by atoms with E-state index in [1.165, 1.54) is 6.33 Å². The van der Waals surface area contributed by atoms with Crippen molar-refractivity contribution in [2.45, 2.75) is 17.9 Å².